The van der Waals surface area contributed by atoms with Crippen molar-refractivity contribution in [1.82, 2.24) is 4.90 Å². The van der Waals surface area contributed by atoms with Crippen molar-refractivity contribution in [3.8, 4) is 0 Å². The fourth-order valence-corrected chi connectivity index (χ4v) is 3.41. The van der Waals surface area contributed by atoms with Gasteiger partial charge in [-0.25, -0.2) is 0 Å². The second-order valence-electron chi connectivity index (χ2n) is 5.36. The third kappa shape index (κ3) is 2.89. The molecule has 2 nitrogen and oxygen atoms in total. The van der Waals surface area contributed by atoms with Crippen LogP contribution in [0, 0.1) is 11.8 Å². The van der Waals surface area contributed by atoms with Crippen LogP contribution in [0.5, 0.6) is 0 Å². The van der Waals surface area contributed by atoms with E-state index in [2.05, 4.69) is 13.8 Å². The number of rotatable bonds is 2. The fraction of sp³-hybridized carbons (Fsp3) is 0.533. The molecule has 1 aliphatic rings. The Labute approximate surface area is 114 Å². The van der Waals surface area contributed by atoms with Gasteiger partial charge in [0.1, 0.15) is 0 Å². The van der Waals surface area contributed by atoms with E-state index in [1.165, 1.54) is 6.42 Å². The maximum absolute atomic E-state index is 12.6. The van der Waals surface area contributed by atoms with Gasteiger partial charge in [0.2, 0.25) is 0 Å². The normalized spacial score (nSPS) is 24.1. The molecule has 2 rings (SSSR count). The van der Waals surface area contributed by atoms with Crippen LogP contribution in [0.4, 0.5) is 0 Å². The number of carbonyl (C=O) groups excluding carboxylic acids is 1. The van der Waals surface area contributed by atoms with Crippen molar-refractivity contribution in [2.24, 2.45) is 11.8 Å². The zero-order valence-electron chi connectivity index (χ0n) is 11.3. The van der Waals surface area contributed by atoms with Gasteiger partial charge < -0.3 is 4.90 Å². The summed E-state index contributed by atoms with van der Waals surface area (Å²) in [4.78, 5) is 15.7. The van der Waals surface area contributed by atoms with E-state index in [1.807, 2.05) is 35.4 Å². The van der Waals surface area contributed by atoms with Crippen molar-refractivity contribution in [3.05, 3.63) is 29.8 Å². The van der Waals surface area contributed by atoms with Crippen molar-refractivity contribution < 1.29 is 4.79 Å². The van der Waals surface area contributed by atoms with E-state index in [1.54, 1.807) is 11.8 Å². The molecular weight excluding hydrogens is 242 g/mol. The quantitative estimate of drug-likeness (QED) is 0.761. The average molecular weight is 263 g/mol. The molecule has 0 spiro atoms. The van der Waals surface area contributed by atoms with Crippen LogP contribution in [-0.2, 0) is 0 Å². The van der Waals surface area contributed by atoms with E-state index < -0.39 is 0 Å². The second-order valence-corrected chi connectivity index (χ2v) is 6.20. The number of thioether (sulfide) groups is 1. The summed E-state index contributed by atoms with van der Waals surface area (Å²) in [7, 11) is 0. The molecule has 18 heavy (non-hydrogen) atoms. The van der Waals surface area contributed by atoms with E-state index in [4.69, 9.17) is 0 Å². The first-order chi connectivity index (χ1) is 8.61. The summed E-state index contributed by atoms with van der Waals surface area (Å²) in [6, 6.07) is 7.90. The molecule has 2 atom stereocenters. The Hall–Kier alpha value is -0.960. The van der Waals surface area contributed by atoms with Crippen molar-refractivity contribution in [2.45, 2.75) is 25.2 Å². The topological polar surface area (TPSA) is 20.3 Å². The summed E-state index contributed by atoms with van der Waals surface area (Å²) >= 11 is 1.64. The number of likely N-dealkylation sites (tertiary alicyclic amines) is 1. The standard InChI is InChI=1S/C15H21NOS/c1-11-8-12(2)10-16(9-11)15(17)13-6-4-5-7-14(13)18-3/h4-7,11-12H,8-10H2,1-3H3. The molecule has 3 heteroatoms. The lowest BCUT2D eigenvalue weighted by atomic mass is 9.91. The summed E-state index contributed by atoms with van der Waals surface area (Å²) in [6.07, 6.45) is 3.25. The molecule has 1 aliphatic heterocycles. The number of hydrogen-bond donors (Lipinski definition) is 0. The van der Waals surface area contributed by atoms with E-state index in [-0.39, 0.29) is 5.91 Å². The van der Waals surface area contributed by atoms with E-state index >= 15 is 0 Å². The van der Waals surface area contributed by atoms with Gasteiger partial charge in [-0.15, -0.1) is 11.8 Å². The third-order valence-electron chi connectivity index (χ3n) is 3.49. The molecule has 2 unspecified atom stereocenters. The Kier molecular flexibility index (Phi) is 4.33. The lowest BCUT2D eigenvalue weighted by Gasteiger charge is -2.35. The highest BCUT2D eigenvalue weighted by atomic mass is 32.2. The van der Waals surface area contributed by atoms with Crippen molar-refractivity contribution >= 4 is 17.7 Å². The molecule has 0 N–H and O–H groups in total. The number of benzene rings is 1. The van der Waals surface area contributed by atoms with Crippen LogP contribution in [-0.4, -0.2) is 30.2 Å². The van der Waals surface area contributed by atoms with Crippen LogP contribution in [0.3, 0.4) is 0 Å². The summed E-state index contributed by atoms with van der Waals surface area (Å²) in [5.74, 6) is 1.41. The molecule has 1 fully saturated rings. The summed E-state index contributed by atoms with van der Waals surface area (Å²) < 4.78 is 0. The maximum Gasteiger partial charge on any atom is 0.255 e. The van der Waals surface area contributed by atoms with E-state index in [9.17, 15) is 4.79 Å². The Morgan fingerprint density at radius 2 is 1.83 bits per heavy atom. The maximum atomic E-state index is 12.6. The average Bonchev–Trinajstić information content (AvgIpc) is 2.36. The molecule has 0 saturated carbocycles. The molecule has 0 bridgehead atoms. The highest BCUT2D eigenvalue weighted by molar-refractivity contribution is 7.98. The molecule has 1 amide bonds. The largest absolute Gasteiger partial charge is 0.338 e. The van der Waals surface area contributed by atoms with Crippen molar-refractivity contribution in [2.75, 3.05) is 19.3 Å². The zero-order chi connectivity index (χ0) is 13.1. The van der Waals surface area contributed by atoms with Gasteiger partial charge in [-0.05, 0) is 36.6 Å². The van der Waals surface area contributed by atoms with Gasteiger partial charge in [-0.3, -0.25) is 4.79 Å². The van der Waals surface area contributed by atoms with Gasteiger partial charge in [0.15, 0.2) is 0 Å². The Morgan fingerprint density at radius 3 is 2.44 bits per heavy atom. The van der Waals surface area contributed by atoms with Crippen molar-refractivity contribution in [3.63, 3.8) is 0 Å². The van der Waals surface area contributed by atoms with Gasteiger partial charge in [0.05, 0.1) is 5.56 Å². The molecule has 1 heterocycles. The van der Waals surface area contributed by atoms with Crippen molar-refractivity contribution in [1.29, 1.82) is 0 Å². The first-order valence-electron chi connectivity index (χ1n) is 6.54. The van der Waals surface area contributed by atoms with Crippen LogP contribution in [0.2, 0.25) is 0 Å². The molecule has 1 aromatic carbocycles. The van der Waals surface area contributed by atoms with E-state index in [0.717, 1.165) is 23.5 Å². The third-order valence-corrected chi connectivity index (χ3v) is 4.29. The van der Waals surface area contributed by atoms with E-state index in [0.29, 0.717) is 11.8 Å². The predicted octanol–water partition coefficient (Wildman–Crippen LogP) is 3.53. The van der Waals surface area contributed by atoms with Crippen LogP contribution >= 0.6 is 11.8 Å². The number of piperidine rings is 1. The minimum absolute atomic E-state index is 0.193. The molecule has 0 radical (unpaired) electrons. The molecule has 1 aromatic rings. The summed E-state index contributed by atoms with van der Waals surface area (Å²) in [6.45, 7) is 6.25. The smallest absolute Gasteiger partial charge is 0.255 e. The first kappa shape index (κ1) is 13.5. The van der Waals surface area contributed by atoms with Gasteiger partial charge in [-0.2, -0.15) is 0 Å². The fourth-order valence-electron chi connectivity index (χ4n) is 2.82. The highest BCUT2D eigenvalue weighted by Gasteiger charge is 2.26. The van der Waals surface area contributed by atoms with Gasteiger partial charge in [-0.1, -0.05) is 26.0 Å². The minimum atomic E-state index is 0.193. The van der Waals surface area contributed by atoms with Crippen LogP contribution < -0.4 is 0 Å². The van der Waals surface area contributed by atoms with Crippen LogP contribution in [0.25, 0.3) is 0 Å². The van der Waals surface area contributed by atoms with Gasteiger partial charge in [0.25, 0.3) is 5.91 Å². The number of carbonyl (C=O) groups is 1. The molecular formula is C15H21NOS. The Bertz CT molecular complexity index is 422. The second kappa shape index (κ2) is 5.79. The monoisotopic (exact) mass is 263 g/mol. The SMILES string of the molecule is CSc1ccccc1C(=O)N1CC(C)CC(C)C1. The lowest BCUT2D eigenvalue weighted by Crippen LogP contribution is -2.42. The lowest BCUT2D eigenvalue weighted by molar-refractivity contribution is 0.0619. The summed E-state index contributed by atoms with van der Waals surface area (Å²) in [5, 5.41) is 0. The molecule has 0 aromatic heterocycles. The molecule has 0 aliphatic carbocycles. The number of amides is 1. The predicted molar refractivity (Wildman–Crippen MR) is 77.1 cm³/mol. The van der Waals surface area contributed by atoms with Gasteiger partial charge >= 0.3 is 0 Å². The number of hydrogen-bond acceptors (Lipinski definition) is 2. The highest BCUT2D eigenvalue weighted by Crippen LogP contribution is 2.26. The zero-order valence-corrected chi connectivity index (χ0v) is 12.2. The molecule has 1 saturated heterocycles. The molecule has 98 valence electrons. The Balaban J connectivity index is 2.20. The van der Waals surface area contributed by atoms with Crippen LogP contribution in [0.15, 0.2) is 29.2 Å². The Morgan fingerprint density at radius 1 is 1.22 bits per heavy atom. The summed E-state index contributed by atoms with van der Waals surface area (Å²) in [5.41, 5.74) is 0.853. The minimum Gasteiger partial charge on any atom is -0.338 e. The van der Waals surface area contributed by atoms with Gasteiger partial charge in [0, 0.05) is 18.0 Å². The van der Waals surface area contributed by atoms with Crippen LogP contribution in [0.1, 0.15) is 30.6 Å². The number of nitrogens with zero attached hydrogens (tertiary/aromatic N) is 1. The first-order valence-corrected chi connectivity index (χ1v) is 7.76.